The van der Waals surface area contributed by atoms with Crippen molar-refractivity contribution in [2.75, 3.05) is 0 Å². The zero-order chi connectivity index (χ0) is 7.02. The van der Waals surface area contributed by atoms with E-state index in [2.05, 4.69) is 33.8 Å². The van der Waals surface area contributed by atoms with Crippen LogP contribution in [0.15, 0.2) is 16.7 Å². The summed E-state index contributed by atoms with van der Waals surface area (Å²) in [5, 5.41) is 0. The Labute approximate surface area is 95.5 Å². The molecule has 0 heterocycles. The van der Waals surface area contributed by atoms with Gasteiger partial charge in [0, 0.05) is 39.9 Å². The molecular weight excluding hydrogens is 265 g/mol. The van der Waals surface area contributed by atoms with Crippen LogP contribution in [0.25, 0.3) is 0 Å². The van der Waals surface area contributed by atoms with Crippen LogP contribution in [0.2, 0.25) is 0 Å². The van der Waals surface area contributed by atoms with Crippen molar-refractivity contribution >= 4 is 0 Å². The maximum absolute atomic E-state index is 3.36. The first kappa shape index (κ1) is 10.8. The van der Waals surface area contributed by atoms with Crippen LogP contribution in [0.5, 0.6) is 0 Å². The van der Waals surface area contributed by atoms with Crippen molar-refractivity contribution in [3.8, 4) is 0 Å². The molecule has 0 N–H and O–H groups in total. The molecule has 0 aromatic rings. The molecule has 1 heteroatoms. The van der Waals surface area contributed by atoms with Crippen LogP contribution < -0.4 is 0 Å². The number of hydrogen-bond donors (Lipinski definition) is 0. The number of hydrogen-bond acceptors (Lipinski definition) is 0. The van der Waals surface area contributed by atoms with Crippen LogP contribution in [0.3, 0.4) is 0 Å². The van der Waals surface area contributed by atoms with Gasteiger partial charge in [0.1, 0.15) is 0 Å². The molecule has 0 aromatic heterocycles. The van der Waals surface area contributed by atoms with E-state index in [9.17, 15) is 0 Å². The van der Waals surface area contributed by atoms with Crippen molar-refractivity contribution in [3.05, 3.63) is 22.8 Å². The summed E-state index contributed by atoms with van der Waals surface area (Å²) in [5.74, 6) is 0.560. The second-order valence-corrected chi connectivity index (χ2v) is 2.80. The molecule has 0 aromatic carbocycles. The van der Waals surface area contributed by atoms with Crippen LogP contribution >= 0.6 is 0 Å². The number of allylic oxidation sites excluding steroid dienone is 4. The average molecular weight is 278 g/mol. The van der Waals surface area contributed by atoms with Crippen molar-refractivity contribution in [3.63, 3.8) is 0 Å². The van der Waals surface area contributed by atoms with E-state index >= 15 is 0 Å². The Hall–Kier alpha value is 0.805. The Morgan fingerprint density at radius 2 is 1.70 bits per heavy atom. The molecule has 58 valence electrons. The van der Waals surface area contributed by atoms with Gasteiger partial charge in [-0.2, -0.15) is 11.1 Å². The van der Waals surface area contributed by atoms with E-state index in [1.165, 1.54) is 16.7 Å². The molecule has 0 saturated carbocycles. The van der Waals surface area contributed by atoms with Crippen molar-refractivity contribution in [2.24, 2.45) is 5.92 Å². The standard InChI is InChI=1S/C9H13.Gd/c1-6-5-7(2)9(4)8(6)3;/h6H,1-4H3;/q-1;. The van der Waals surface area contributed by atoms with Crippen LogP contribution in [0, 0.1) is 51.9 Å². The maximum atomic E-state index is 3.36. The molecule has 1 rings (SSSR count). The van der Waals surface area contributed by atoms with Gasteiger partial charge in [-0.1, -0.05) is 26.7 Å². The van der Waals surface area contributed by atoms with Gasteiger partial charge in [-0.15, -0.1) is 6.92 Å². The summed E-state index contributed by atoms with van der Waals surface area (Å²) in [5.41, 5.74) is 4.25. The molecule has 0 saturated heterocycles. The summed E-state index contributed by atoms with van der Waals surface area (Å²) >= 11 is 0. The summed E-state index contributed by atoms with van der Waals surface area (Å²) in [6.07, 6.45) is 3.36. The number of rotatable bonds is 0. The van der Waals surface area contributed by atoms with Crippen molar-refractivity contribution in [2.45, 2.75) is 27.7 Å². The Bertz CT molecular complexity index is 187. The van der Waals surface area contributed by atoms with E-state index in [1.54, 1.807) is 0 Å². The maximum Gasteiger partial charge on any atom is 0 e. The first-order chi connectivity index (χ1) is 4.13. The largest absolute Gasteiger partial charge is 0.266 e. The summed E-state index contributed by atoms with van der Waals surface area (Å²) < 4.78 is 0. The fraction of sp³-hybridized carbons (Fsp3) is 0.556. The molecule has 1 unspecified atom stereocenters. The topological polar surface area (TPSA) is 0 Å². The summed E-state index contributed by atoms with van der Waals surface area (Å²) in [6, 6.07) is 0. The van der Waals surface area contributed by atoms with Gasteiger partial charge >= 0.3 is 0 Å². The minimum absolute atomic E-state index is 0. The second-order valence-electron chi connectivity index (χ2n) is 2.80. The Kier molecular flexibility index (Phi) is 4.31. The summed E-state index contributed by atoms with van der Waals surface area (Å²) in [6.45, 7) is 8.67. The zero-order valence-electron chi connectivity index (χ0n) is 6.93. The van der Waals surface area contributed by atoms with Crippen molar-refractivity contribution in [1.82, 2.24) is 0 Å². The SMILES string of the molecule is CC1=[C-]C(C)C(C)=C1C.[Gd]. The normalized spacial score (nSPS) is 24.4. The van der Waals surface area contributed by atoms with E-state index < -0.39 is 0 Å². The minimum Gasteiger partial charge on any atom is -0.266 e. The smallest absolute Gasteiger partial charge is 0 e. The first-order valence-corrected chi connectivity index (χ1v) is 3.40. The van der Waals surface area contributed by atoms with Gasteiger partial charge in [0.05, 0.1) is 0 Å². The van der Waals surface area contributed by atoms with Crippen molar-refractivity contribution < 1.29 is 39.9 Å². The monoisotopic (exact) mass is 279 g/mol. The predicted octanol–water partition coefficient (Wildman–Crippen LogP) is 2.72. The van der Waals surface area contributed by atoms with Gasteiger partial charge in [0.25, 0.3) is 0 Å². The van der Waals surface area contributed by atoms with E-state index in [-0.39, 0.29) is 39.9 Å². The molecular formula is C9H13Gd-. The summed E-state index contributed by atoms with van der Waals surface area (Å²) in [7, 11) is 0. The quantitative estimate of drug-likeness (QED) is 0.598. The van der Waals surface area contributed by atoms with Gasteiger partial charge in [0.2, 0.25) is 0 Å². The van der Waals surface area contributed by atoms with E-state index in [4.69, 9.17) is 0 Å². The molecule has 1 aliphatic carbocycles. The van der Waals surface area contributed by atoms with Crippen LogP contribution in [-0.2, 0) is 0 Å². The molecule has 0 aliphatic heterocycles. The van der Waals surface area contributed by atoms with Gasteiger partial charge in [-0.3, -0.25) is 6.08 Å². The van der Waals surface area contributed by atoms with Gasteiger partial charge < -0.3 is 0 Å². The van der Waals surface area contributed by atoms with Crippen molar-refractivity contribution in [1.29, 1.82) is 0 Å². The Morgan fingerprint density at radius 1 is 1.20 bits per heavy atom. The Morgan fingerprint density at radius 3 is 1.80 bits per heavy atom. The van der Waals surface area contributed by atoms with Gasteiger partial charge in [-0.05, 0) is 0 Å². The molecule has 0 amide bonds. The molecule has 0 nitrogen and oxygen atoms in total. The van der Waals surface area contributed by atoms with Crippen LogP contribution in [0.4, 0.5) is 0 Å². The first-order valence-electron chi connectivity index (χ1n) is 3.40. The van der Waals surface area contributed by atoms with Crippen LogP contribution in [-0.4, -0.2) is 0 Å². The molecule has 0 bridgehead atoms. The van der Waals surface area contributed by atoms with Crippen LogP contribution in [0.1, 0.15) is 27.7 Å². The fourth-order valence-corrected chi connectivity index (χ4v) is 1.16. The average Bonchev–Trinajstić information content (AvgIpc) is 1.98. The molecule has 1 atom stereocenters. The second kappa shape index (κ2) is 3.99. The third-order valence-corrected chi connectivity index (χ3v) is 2.24. The molecule has 1 aliphatic rings. The van der Waals surface area contributed by atoms with Gasteiger partial charge in [0.15, 0.2) is 0 Å². The Balaban J connectivity index is 0.000000810. The van der Waals surface area contributed by atoms with E-state index in [0.29, 0.717) is 5.92 Å². The molecule has 10 heavy (non-hydrogen) atoms. The fourth-order valence-electron chi connectivity index (χ4n) is 1.16. The third kappa shape index (κ3) is 1.90. The predicted molar refractivity (Wildman–Crippen MR) is 40.0 cm³/mol. The third-order valence-electron chi connectivity index (χ3n) is 2.24. The molecule has 0 radical (unpaired) electrons. The van der Waals surface area contributed by atoms with Gasteiger partial charge in [-0.25, -0.2) is 5.57 Å². The summed E-state index contributed by atoms with van der Waals surface area (Å²) in [4.78, 5) is 0. The molecule has 0 spiro atoms. The molecule has 0 fully saturated rings. The minimum atomic E-state index is 0. The zero-order valence-corrected chi connectivity index (χ0v) is 9.20. The van der Waals surface area contributed by atoms with E-state index in [0.717, 1.165) is 0 Å². The van der Waals surface area contributed by atoms with E-state index in [1.807, 2.05) is 0 Å².